The third kappa shape index (κ3) is 3.83. The van der Waals surface area contributed by atoms with Gasteiger partial charge in [0.25, 0.3) is 0 Å². The molecule has 0 unspecified atom stereocenters. The van der Waals surface area contributed by atoms with Crippen LogP contribution in [-0.2, 0) is 14.8 Å². The number of nitrogens with two attached hydrogens (primary N) is 1. The number of methoxy groups -OCH3 is 1. The van der Waals surface area contributed by atoms with Crippen LogP contribution in [0.4, 0.5) is 13.2 Å². The van der Waals surface area contributed by atoms with E-state index in [9.17, 15) is 26.4 Å². The normalized spacial score (nSPS) is 12.1. The maximum Gasteiger partial charge on any atom is 0.573 e. The summed E-state index contributed by atoms with van der Waals surface area (Å²) in [5, 5.41) is 4.79. The highest BCUT2D eigenvalue weighted by Gasteiger charge is 2.35. The standard InChI is InChI=1S/C9H8F3NO5S/c1-17-8(14)5-3-2-4-6(18-9(10,11)12)7(5)19(13,15)16/h2-4H,1H3,(H2,13,15,16). The molecule has 0 bridgehead atoms. The number of carbonyl (C=O) groups excluding carboxylic acids is 1. The van der Waals surface area contributed by atoms with Gasteiger partial charge in [0.05, 0.1) is 12.7 Å². The fourth-order valence-corrected chi connectivity index (χ4v) is 2.13. The molecule has 0 aliphatic rings. The van der Waals surface area contributed by atoms with E-state index in [1.54, 1.807) is 0 Å². The lowest BCUT2D eigenvalue weighted by molar-refractivity contribution is -0.275. The van der Waals surface area contributed by atoms with Crippen molar-refractivity contribution in [2.24, 2.45) is 5.14 Å². The first-order valence-corrected chi connectivity index (χ1v) is 6.11. The average molecular weight is 299 g/mol. The SMILES string of the molecule is COC(=O)c1cccc(OC(F)(F)F)c1S(N)(=O)=O. The molecule has 1 aromatic carbocycles. The van der Waals surface area contributed by atoms with Crippen molar-refractivity contribution in [3.8, 4) is 5.75 Å². The molecular weight excluding hydrogens is 291 g/mol. The molecule has 0 atom stereocenters. The lowest BCUT2D eigenvalue weighted by Gasteiger charge is -2.14. The van der Waals surface area contributed by atoms with E-state index >= 15 is 0 Å². The van der Waals surface area contributed by atoms with E-state index in [-0.39, 0.29) is 0 Å². The summed E-state index contributed by atoms with van der Waals surface area (Å²) in [5.74, 6) is -2.26. The van der Waals surface area contributed by atoms with Crippen LogP contribution in [0.1, 0.15) is 10.4 Å². The Morgan fingerprint density at radius 1 is 1.32 bits per heavy atom. The fourth-order valence-electron chi connectivity index (χ4n) is 1.29. The first-order valence-electron chi connectivity index (χ1n) is 4.56. The van der Waals surface area contributed by atoms with Gasteiger partial charge in [-0.1, -0.05) is 6.07 Å². The number of halogens is 3. The van der Waals surface area contributed by atoms with Gasteiger partial charge >= 0.3 is 12.3 Å². The van der Waals surface area contributed by atoms with Gasteiger partial charge in [-0.25, -0.2) is 18.4 Å². The second-order valence-corrected chi connectivity index (χ2v) is 4.72. The van der Waals surface area contributed by atoms with Crippen molar-refractivity contribution in [1.29, 1.82) is 0 Å². The Bertz CT molecular complexity index is 596. The Kier molecular flexibility index (Phi) is 4.06. The van der Waals surface area contributed by atoms with Crippen molar-refractivity contribution in [2.75, 3.05) is 7.11 Å². The number of rotatable bonds is 3. The molecule has 0 fully saturated rings. The van der Waals surface area contributed by atoms with Gasteiger partial charge in [0.1, 0.15) is 10.6 Å². The molecule has 106 valence electrons. The molecule has 0 radical (unpaired) electrons. The van der Waals surface area contributed by atoms with E-state index in [0.717, 1.165) is 25.3 Å². The van der Waals surface area contributed by atoms with Gasteiger partial charge in [0, 0.05) is 0 Å². The van der Waals surface area contributed by atoms with Crippen LogP contribution in [0.2, 0.25) is 0 Å². The average Bonchev–Trinajstić information content (AvgIpc) is 2.23. The molecule has 10 heteroatoms. The summed E-state index contributed by atoms with van der Waals surface area (Å²) >= 11 is 0. The molecule has 0 heterocycles. The quantitative estimate of drug-likeness (QED) is 0.841. The first-order chi connectivity index (χ1) is 8.56. The van der Waals surface area contributed by atoms with Crippen LogP contribution in [0.25, 0.3) is 0 Å². The predicted octanol–water partition coefficient (Wildman–Crippen LogP) is 1.02. The Labute approximate surface area is 106 Å². The number of hydrogen-bond donors (Lipinski definition) is 1. The molecule has 0 saturated heterocycles. The molecule has 0 amide bonds. The van der Waals surface area contributed by atoms with Crippen molar-refractivity contribution in [3.63, 3.8) is 0 Å². The molecule has 6 nitrogen and oxygen atoms in total. The molecule has 0 spiro atoms. The Balaban J connectivity index is 3.53. The van der Waals surface area contributed by atoms with E-state index in [1.807, 2.05) is 0 Å². The number of ether oxygens (including phenoxy) is 2. The second kappa shape index (κ2) is 5.05. The Morgan fingerprint density at radius 2 is 1.89 bits per heavy atom. The number of esters is 1. The molecular formula is C9H8F3NO5S. The molecule has 1 rings (SSSR count). The molecule has 0 aromatic heterocycles. The van der Waals surface area contributed by atoms with Gasteiger partial charge < -0.3 is 9.47 Å². The summed E-state index contributed by atoms with van der Waals surface area (Å²) in [6.07, 6.45) is -5.13. The van der Waals surface area contributed by atoms with Crippen LogP contribution in [0.3, 0.4) is 0 Å². The minimum atomic E-state index is -5.13. The lowest BCUT2D eigenvalue weighted by Crippen LogP contribution is -2.23. The third-order valence-electron chi connectivity index (χ3n) is 1.89. The topological polar surface area (TPSA) is 95.7 Å². The number of primary sulfonamides is 1. The first kappa shape index (κ1) is 15.2. The van der Waals surface area contributed by atoms with Crippen LogP contribution in [0.15, 0.2) is 23.1 Å². The highest BCUT2D eigenvalue weighted by molar-refractivity contribution is 7.89. The van der Waals surface area contributed by atoms with Gasteiger partial charge in [0.15, 0.2) is 0 Å². The van der Waals surface area contributed by atoms with Crippen LogP contribution in [-0.4, -0.2) is 27.9 Å². The Hall–Kier alpha value is -1.81. The van der Waals surface area contributed by atoms with Gasteiger partial charge in [-0.3, -0.25) is 0 Å². The second-order valence-electron chi connectivity index (χ2n) is 3.22. The molecule has 0 saturated carbocycles. The zero-order chi connectivity index (χ0) is 14.8. The zero-order valence-corrected chi connectivity index (χ0v) is 10.2. The molecule has 0 aliphatic heterocycles. The van der Waals surface area contributed by atoms with Crippen LogP contribution in [0.5, 0.6) is 5.75 Å². The van der Waals surface area contributed by atoms with E-state index in [2.05, 4.69) is 9.47 Å². The van der Waals surface area contributed by atoms with E-state index < -0.39 is 38.6 Å². The monoisotopic (exact) mass is 299 g/mol. The third-order valence-corrected chi connectivity index (χ3v) is 2.88. The molecule has 0 aliphatic carbocycles. The lowest BCUT2D eigenvalue weighted by atomic mass is 10.2. The van der Waals surface area contributed by atoms with Crippen molar-refractivity contribution >= 4 is 16.0 Å². The van der Waals surface area contributed by atoms with E-state index in [0.29, 0.717) is 0 Å². The minimum Gasteiger partial charge on any atom is -0.465 e. The van der Waals surface area contributed by atoms with E-state index in [1.165, 1.54) is 0 Å². The van der Waals surface area contributed by atoms with Crippen molar-refractivity contribution < 1.29 is 35.9 Å². The molecule has 2 N–H and O–H groups in total. The number of hydrogen-bond acceptors (Lipinski definition) is 5. The largest absolute Gasteiger partial charge is 0.573 e. The van der Waals surface area contributed by atoms with Gasteiger partial charge in [-0.05, 0) is 12.1 Å². The highest BCUT2D eigenvalue weighted by Crippen LogP contribution is 2.31. The summed E-state index contributed by atoms with van der Waals surface area (Å²) in [7, 11) is -3.68. The summed E-state index contributed by atoms with van der Waals surface area (Å²) in [6, 6.07) is 2.68. The number of alkyl halides is 3. The smallest absolute Gasteiger partial charge is 0.465 e. The van der Waals surface area contributed by atoms with Crippen LogP contribution < -0.4 is 9.88 Å². The number of sulfonamides is 1. The van der Waals surface area contributed by atoms with Crippen LogP contribution in [0, 0.1) is 0 Å². The molecule has 1 aromatic rings. The molecule has 19 heavy (non-hydrogen) atoms. The van der Waals surface area contributed by atoms with Crippen LogP contribution >= 0.6 is 0 Å². The predicted molar refractivity (Wildman–Crippen MR) is 55.8 cm³/mol. The van der Waals surface area contributed by atoms with Gasteiger partial charge in [0.2, 0.25) is 10.0 Å². The summed E-state index contributed by atoms with van der Waals surface area (Å²) in [6.45, 7) is 0. The Morgan fingerprint density at radius 3 is 2.32 bits per heavy atom. The summed E-state index contributed by atoms with van der Waals surface area (Å²) < 4.78 is 66.8. The fraction of sp³-hybridized carbons (Fsp3) is 0.222. The zero-order valence-electron chi connectivity index (χ0n) is 9.39. The number of carbonyl (C=O) groups is 1. The van der Waals surface area contributed by atoms with Crippen molar-refractivity contribution in [2.45, 2.75) is 11.3 Å². The van der Waals surface area contributed by atoms with Gasteiger partial charge in [-0.15, -0.1) is 13.2 Å². The van der Waals surface area contributed by atoms with Gasteiger partial charge in [-0.2, -0.15) is 0 Å². The maximum absolute atomic E-state index is 12.2. The minimum absolute atomic E-state index is 0.647. The summed E-state index contributed by atoms with van der Waals surface area (Å²) in [4.78, 5) is 10.2. The van der Waals surface area contributed by atoms with Crippen molar-refractivity contribution in [1.82, 2.24) is 0 Å². The number of benzene rings is 1. The summed E-state index contributed by atoms with van der Waals surface area (Å²) in [5.41, 5.74) is -0.647. The highest BCUT2D eigenvalue weighted by atomic mass is 32.2. The van der Waals surface area contributed by atoms with Crippen molar-refractivity contribution in [3.05, 3.63) is 23.8 Å². The van der Waals surface area contributed by atoms with E-state index in [4.69, 9.17) is 5.14 Å². The maximum atomic E-state index is 12.2.